The maximum Gasteiger partial charge on any atom is 0.284 e. The lowest BCUT2D eigenvalue weighted by atomic mass is 9.80. The van der Waals surface area contributed by atoms with Crippen molar-refractivity contribution in [1.82, 2.24) is 24.4 Å². The highest BCUT2D eigenvalue weighted by molar-refractivity contribution is 6.08. The highest BCUT2D eigenvalue weighted by Gasteiger charge is 2.30. The smallest absolute Gasteiger partial charge is 0.284 e. The van der Waals surface area contributed by atoms with Gasteiger partial charge in [-0.15, -0.1) is 0 Å². The third-order valence-electron chi connectivity index (χ3n) is 6.94. The summed E-state index contributed by atoms with van der Waals surface area (Å²) >= 11 is 0. The Kier molecular flexibility index (Phi) is 5.43. The molecule has 0 saturated heterocycles. The van der Waals surface area contributed by atoms with E-state index in [1.807, 2.05) is 6.07 Å². The van der Waals surface area contributed by atoms with Gasteiger partial charge in [0, 0.05) is 24.0 Å². The SMILES string of the molecule is CC(C)[C@H]1CC[C@H](n2cc(NC(=O)c3cnn4c(C5CC5)ccnc34)c(C(F)F)n2)CC1. The normalized spacial score (nSPS) is 21.6. The number of alkyl halides is 2. The van der Waals surface area contributed by atoms with Crippen molar-refractivity contribution in [2.75, 3.05) is 5.32 Å². The third kappa shape index (κ3) is 3.89. The molecule has 3 aromatic rings. The van der Waals surface area contributed by atoms with Crippen LogP contribution in [-0.4, -0.2) is 30.3 Å². The van der Waals surface area contributed by atoms with Gasteiger partial charge in [0.2, 0.25) is 0 Å². The van der Waals surface area contributed by atoms with Crippen LogP contribution in [0.3, 0.4) is 0 Å². The summed E-state index contributed by atoms with van der Waals surface area (Å²) in [4.78, 5) is 17.3. The number of anilines is 1. The second-order valence-corrected chi connectivity index (χ2v) is 9.41. The molecule has 5 rings (SSSR count). The number of fused-ring (bicyclic) bond motifs is 1. The molecule has 170 valence electrons. The summed E-state index contributed by atoms with van der Waals surface area (Å²) < 4.78 is 30.7. The van der Waals surface area contributed by atoms with Crippen molar-refractivity contribution >= 4 is 17.2 Å². The number of rotatable bonds is 6. The first-order valence-corrected chi connectivity index (χ1v) is 11.4. The highest BCUT2D eigenvalue weighted by Crippen LogP contribution is 2.40. The van der Waals surface area contributed by atoms with Gasteiger partial charge in [-0.05, 0) is 56.4 Å². The highest BCUT2D eigenvalue weighted by atomic mass is 19.3. The summed E-state index contributed by atoms with van der Waals surface area (Å²) in [6.07, 6.45) is 8.01. The zero-order valence-corrected chi connectivity index (χ0v) is 18.3. The number of nitrogens with zero attached hydrogens (tertiary/aromatic N) is 5. The Morgan fingerprint density at radius 2 is 1.91 bits per heavy atom. The van der Waals surface area contributed by atoms with E-state index >= 15 is 0 Å². The van der Waals surface area contributed by atoms with Crippen LogP contribution in [-0.2, 0) is 0 Å². The minimum atomic E-state index is -2.78. The van der Waals surface area contributed by atoms with E-state index in [2.05, 4.69) is 34.3 Å². The van der Waals surface area contributed by atoms with Crippen molar-refractivity contribution < 1.29 is 13.6 Å². The first-order valence-electron chi connectivity index (χ1n) is 11.4. The van der Waals surface area contributed by atoms with Crippen LogP contribution in [0.4, 0.5) is 14.5 Å². The fraction of sp³-hybridized carbons (Fsp3) is 0.565. The number of halogens is 2. The number of amides is 1. The standard InChI is InChI=1S/C23H28F2N6O/c1-13(2)14-5-7-16(8-6-14)30-12-18(20(29-30)21(24)25)28-23(32)17-11-27-31-19(15-3-4-15)9-10-26-22(17)31/h9-16,21H,3-8H2,1-2H3,(H,28,32)/t14-,16-. The Labute approximate surface area is 185 Å². The van der Waals surface area contributed by atoms with Crippen LogP contribution in [0.15, 0.2) is 24.7 Å². The van der Waals surface area contributed by atoms with Gasteiger partial charge in [0.05, 0.1) is 17.9 Å². The number of carbonyl (C=O) groups excluding carboxylic acids is 1. The number of nitrogens with one attached hydrogen (secondary N) is 1. The van der Waals surface area contributed by atoms with Gasteiger partial charge < -0.3 is 5.32 Å². The summed E-state index contributed by atoms with van der Waals surface area (Å²) in [6, 6.07) is 1.99. The second-order valence-electron chi connectivity index (χ2n) is 9.41. The van der Waals surface area contributed by atoms with Gasteiger partial charge in [-0.25, -0.2) is 18.3 Å². The van der Waals surface area contributed by atoms with Crippen LogP contribution in [0.5, 0.6) is 0 Å². The summed E-state index contributed by atoms with van der Waals surface area (Å²) in [5.74, 6) is 1.22. The zero-order valence-electron chi connectivity index (χ0n) is 18.3. The molecule has 0 unspecified atom stereocenters. The van der Waals surface area contributed by atoms with Crippen LogP contribution in [0.25, 0.3) is 5.65 Å². The van der Waals surface area contributed by atoms with Crippen LogP contribution in [0, 0.1) is 11.8 Å². The van der Waals surface area contributed by atoms with Crippen molar-refractivity contribution in [2.45, 2.75) is 70.8 Å². The molecule has 3 aromatic heterocycles. The quantitative estimate of drug-likeness (QED) is 0.556. The van der Waals surface area contributed by atoms with Gasteiger partial charge in [-0.3, -0.25) is 9.48 Å². The van der Waals surface area contributed by atoms with E-state index in [1.165, 1.54) is 6.20 Å². The molecule has 7 nitrogen and oxygen atoms in total. The lowest BCUT2D eigenvalue weighted by Gasteiger charge is -2.30. The van der Waals surface area contributed by atoms with E-state index in [0.29, 0.717) is 23.4 Å². The fourth-order valence-corrected chi connectivity index (χ4v) is 4.83. The molecule has 3 heterocycles. The predicted octanol–water partition coefficient (Wildman–Crippen LogP) is 5.38. The van der Waals surface area contributed by atoms with Crippen molar-refractivity contribution in [3.8, 4) is 0 Å². The third-order valence-corrected chi connectivity index (χ3v) is 6.94. The molecule has 2 saturated carbocycles. The second kappa shape index (κ2) is 8.26. The van der Waals surface area contributed by atoms with Gasteiger partial charge in [-0.1, -0.05) is 13.8 Å². The number of aromatic nitrogens is 5. The molecular formula is C23H28F2N6O. The minimum absolute atomic E-state index is 0.0497. The molecule has 0 radical (unpaired) electrons. The Hall–Kier alpha value is -2.84. The van der Waals surface area contributed by atoms with E-state index in [0.717, 1.165) is 44.2 Å². The molecule has 0 aliphatic heterocycles. The molecule has 0 aromatic carbocycles. The molecule has 0 spiro atoms. The van der Waals surface area contributed by atoms with E-state index in [-0.39, 0.29) is 17.3 Å². The van der Waals surface area contributed by atoms with Crippen molar-refractivity contribution in [3.63, 3.8) is 0 Å². The maximum absolute atomic E-state index is 13.7. The van der Waals surface area contributed by atoms with Gasteiger partial charge >= 0.3 is 0 Å². The van der Waals surface area contributed by atoms with E-state index in [4.69, 9.17) is 0 Å². The fourth-order valence-electron chi connectivity index (χ4n) is 4.83. The average molecular weight is 443 g/mol. The Bertz CT molecular complexity index is 1120. The molecule has 2 aliphatic carbocycles. The van der Waals surface area contributed by atoms with Crippen molar-refractivity contribution in [1.29, 1.82) is 0 Å². The summed E-state index contributed by atoms with van der Waals surface area (Å²) in [7, 11) is 0. The minimum Gasteiger partial charge on any atom is -0.319 e. The molecular weight excluding hydrogens is 414 g/mol. The number of carbonyl (C=O) groups is 1. The summed E-state index contributed by atoms with van der Waals surface area (Å²) in [6.45, 7) is 4.45. The van der Waals surface area contributed by atoms with Crippen molar-refractivity contribution in [2.24, 2.45) is 11.8 Å². The van der Waals surface area contributed by atoms with Crippen LogP contribution in [0.1, 0.15) is 92.5 Å². The first-order chi connectivity index (χ1) is 15.4. The molecule has 2 fully saturated rings. The van der Waals surface area contributed by atoms with Crippen LogP contribution >= 0.6 is 0 Å². The molecule has 0 bridgehead atoms. The monoisotopic (exact) mass is 442 g/mol. The van der Waals surface area contributed by atoms with Gasteiger partial charge in [0.25, 0.3) is 12.3 Å². The largest absolute Gasteiger partial charge is 0.319 e. The molecule has 32 heavy (non-hydrogen) atoms. The topological polar surface area (TPSA) is 77.1 Å². The van der Waals surface area contributed by atoms with E-state index in [1.54, 1.807) is 21.6 Å². The summed E-state index contributed by atoms with van der Waals surface area (Å²) in [5, 5.41) is 11.1. The van der Waals surface area contributed by atoms with Gasteiger partial charge in [-0.2, -0.15) is 10.2 Å². The molecule has 1 N–H and O–H groups in total. The Morgan fingerprint density at radius 1 is 1.16 bits per heavy atom. The van der Waals surface area contributed by atoms with Crippen LogP contribution < -0.4 is 5.32 Å². The lowest BCUT2D eigenvalue weighted by Crippen LogP contribution is -2.21. The van der Waals surface area contributed by atoms with E-state index in [9.17, 15) is 13.6 Å². The maximum atomic E-state index is 13.7. The van der Waals surface area contributed by atoms with Crippen molar-refractivity contribution in [3.05, 3.63) is 41.6 Å². The number of hydrogen-bond acceptors (Lipinski definition) is 4. The molecule has 9 heteroatoms. The van der Waals surface area contributed by atoms with Crippen LogP contribution in [0.2, 0.25) is 0 Å². The lowest BCUT2D eigenvalue weighted by molar-refractivity contribution is 0.102. The molecule has 1 amide bonds. The van der Waals surface area contributed by atoms with Gasteiger partial charge in [0.1, 0.15) is 5.56 Å². The first kappa shape index (κ1) is 21.0. The number of hydrogen-bond donors (Lipinski definition) is 1. The average Bonchev–Trinajstić information content (AvgIpc) is 3.38. The molecule has 2 aliphatic rings. The van der Waals surface area contributed by atoms with E-state index < -0.39 is 18.0 Å². The zero-order chi connectivity index (χ0) is 22.4. The predicted molar refractivity (Wildman–Crippen MR) is 116 cm³/mol. The molecule has 0 atom stereocenters. The summed E-state index contributed by atoms with van der Waals surface area (Å²) in [5.41, 5.74) is 1.37. The Balaban J connectivity index is 1.38. The Morgan fingerprint density at radius 3 is 2.56 bits per heavy atom. The van der Waals surface area contributed by atoms with Gasteiger partial charge in [0.15, 0.2) is 11.3 Å².